The van der Waals surface area contributed by atoms with Crippen LogP contribution in [0.5, 0.6) is 0 Å². The number of hydrogen-bond donors (Lipinski definition) is 2. The Labute approximate surface area is 75.0 Å². The highest BCUT2D eigenvalue weighted by Gasteiger charge is 2.02. The maximum atomic E-state index is 10.3. The van der Waals surface area contributed by atoms with Crippen molar-refractivity contribution >= 4 is 18.4 Å². The average Bonchev–Trinajstić information content (AvgIpc) is 2.05. The summed E-state index contributed by atoms with van der Waals surface area (Å²) >= 11 is 0. The summed E-state index contributed by atoms with van der Waals surface area (Å²) in [5.74, 6) is -0.594. The van der Waals surface area contributed by atoms with E-state index in [2.05, 4.69) is 9.97 Å². The molecule has 0 unspecified atom stereocenters. The third-order valence-electron chi connectivity index (χ3n) is 1.13. The van der Waals surface area contributed by atoms with E-state index in [1.165, 1.54) is 12.4 Å². The lowest BCUT2D eigenvalue weighted by Gasteiger charge is -1.94. The number of halogens is 1. The van der Waals surface area contributed by atoms with Crippen LogP contribution in [0.25, 0.3) is 0 Å². The predicted molar refractivity (Wildman–Crippen MR) is 44.1 cm³/mol. The fraction of sp³-hybridized carbons (Fsp3) is 0.167. The van der Waals surface area contributed by atoms with Gasteiger partial charge in [0.05, 0.1) is 12.1 Å². The van der Waals surface area contributed by atoms with Gasteiger partial charge in [-0.05, 0) is 0 Å². The lowest BCUT2D eigenvalue weighted by Crippen LogP contribution is -2.05. The van der Waals surface area contributed by atoms with Crippen molar-refractivity contribution in [2.24, 2.45) is 5.73 Å². The lowest BCUT2D eigenvalue weighted by molar-refractivity contribution is 0.0696. The number of carboxylic acids is 1. The molecule has 5 nitrogen and oxygen atoms in total. The highest BCUT2D eigenvalue weighted by atomic mass is 35.5. The standard InChI is InChI=1S/C6H7N3O2.ClH/c7-1-5-8-2-4(3-9-5)6(10)11;/h2-3H,1,7H2,(H,10,11);1H. The largest absolute Gasteiger partial charge is 0.478 e. The summed E-state index contributed by atoms with van der Waals surface area (Å²) in [5, 5.41) is 8.44. The molecule has 0 fully saturated rings. The maximum absolute atomic E-state index is 10.3. The minimum atomic E-state index is -1.03. The molecule has 1 aromatic rings. The molecule has 1 heterocycles. The van der Waals surface area contributed by atoms with Crippen molar-refractivity contribution in [1.82, 2.24) is 9.97 Å². The van der Waals surface area contributed by atoms with Gasteiger partial charge in [0.2, 0.25) is 0 Å². The van der Waals surface area contributed by atoms with E-state index in [0.29, 0.717) is 5.82 Å². The minimum Gasteiger partial charge on any atom is -0.478 e. The van der Waals surface area contributed by atoms with Crippen molar-refractivity contribution in [2.45, 2.75) is 6.54 Å². The van der Waals surface area contributed by atoms with Gasteiger partial charge in [0.1, 0.15) is 5.82 Å². The molecular weight excluding hydrogens is 182 g/mol. The first kappa shape index (κ1) is 10.8. The maximum Gasteiger partial charge on any atom is 0.338 e. The first-order valence-electron chi connectivity index (χ1n) is 2.98. The zero-order valence-corrected chi connectivity index (χ0v) is 6.91. The molecule has 0 saturated heterocycles. The van der Waals surface area contributed by atoms with Crippen LogP contribution >= 0.6 is 12.4 Å². The summed E-state index contributed by atoms with van der Waals surface area (Å²) in [7, 11) is 0. The molecule has 0 aliphatic carbocycles. The number of carboxylic acid groups (broad SMARTS) is 1. The molecule has 3 N–H and O–H groups in total. The van der Waals surface area contributed by atoms with Gasteiger partial charge in [-0.3, -0.25) is 0 Å². The van der Waals surface area contributed by atoms with E-state index < -0.39 is 5.97 Å². The fourth-order valence-corrected chi connectivity index (χ4v) is 0.571. The Balaban J connectivity index is 0.00000121. The highest BCUT2D eigenvalue weighted by Crippen LogP contribution is 1.94. The summed E-state index contributed by atoms with van der Waals surface area (Å²) in [6.07, 6.45) is 2.47. The SMILES string of the molecule is Cl.NCc1ncc(C(=O)O)cn1. The second-order valence-electron chi connectivity index (χ2n) is 1.90. The van der Waals surface area contributed by atoms with Crippen LogP contribution in [0.2, 0.25) is 0 Å². The third-order valence-corrected chi connectivity index (χ3v) is 1.13. The number of nitrogens with zero attached hydrogens (tertiary/aromatic N) is 2. The number of rotatable bonds is 2. The Hall–Kier alpha value is -1.20. The third kappa shape index (κ3) is 2.44. The number of carbonyl (C=O) groups is 1. The van der Waals surface area contributed by atoms with E-state index in [0.717, 1.165) is 0 Å². The monoisotopic (exact) mass is 189 g/mol. The lowest BCUT2D eigenvalue weighted by atomic mass is 10.3. The molecule has 0 aliphatic rings. The molecule has 0 spiro atoms. The van der Waals surface area contributed by atoms with Crippen molar-refractivity contribution in [3.8, 4) is 0 Å². The molecule has 12 heavy (non-hydrogen) atoms. The Morgan fingerprint density at radius 2 is 2.00 bits per heavy atom. The molecule has 1 aromatic heterocycles. The van der Waals surface area contributed by atoms with Crippen molar-refractivity contribution in [2.75, 3.05) is 0 Å². The van der Waals surface area contributed by atoms with E-state index in [4.69, 9.17) is 10.8 Å². The number of aromatic nitrogens is 2. The quantitative estimate of drug-likeness (QED) is 0.687. The molecule has 0 aliphatic heterocycles. The van der Waals surface area contributed by atoms with Gasteiger partial charge in [-0.15, -0.1) is 12.4 Å². The molecule has 0 bridgehead atoms. The Morgan fingerprint density at radius 1 is 1.50 bits per heavy atom. The van der Waals surface area contributed by atoms with Crippen molar-refractivity contribution in [1.29, 1.82) is 0 Å². The van der Waals surface area contributed by atoms with Crippen LogP contribution in [-0.4, -0.2) is 21.0 Å². The average molecular weight is 190 g/mol. The summed E-state index contributed by atoms with van der Waals surface area (Å²) < 4.78 is 0. The fourth-order valence-electron chi connectivity index (χ4n) is 0.571. The molecule has 0 saturated carbocycles. The smallest absolute Gasteiger partial charge is 0.338 e. The van der Waals surface area contributed by atoms with Crippen LogP contribution in [0.1, 0.15) is 16.2 Å². The second-order valence-corrected chi connectivity index (χ2v) is 1.90. The van der Waals surface area contributed by atoms with Crippen molar-refractivity contribution in [3.05, 3.63) is 23.8 Å². The van der Waals surface area contributed by atoms with Crippen LogP contribution in [0.15, 0.2) is 12.4 Å². The Kier molecular flexibility index (Phi) is 4.17. The van der Waals surface area contributed by atoms with Crippen molar-refractivity contribution < 1.29 is 9.90 Å². The van der Waals surface area contributed by atoms with Gasteiger partial charge in [-0.2, -0.15) is 0 Å². The van der Waals surface area contributed by atoms with Gasteiger partial charge in [-0.25, -0.2) is 14.8 Å². The molecule has 0 radical (unpaired) electrons. The topological polar surface area (TPSA) is 89.1 Å². The Bertz CT molecular complexity index is 262. The van der Waals surface area contributed by atoms with Crippen LogP contribution < -0.4 is 5.73 Å². The molecular formula is C6H8ClN3O2. The molecule has 0 aromatic carbocycles. The van der Waals surface area contributed by atoms with E-state index in [1.807, 2.05) is 0 Å². The van der Waals surface area contributed by atoms with Gasteiger partial charge < -0.3 is 10.8 Å². The van der Waals surface area contributed by atoms with E-state index in [1.54, 1.807) is 0 Å². The van der Waals surface area contributed by atoms with Gasteiger partial charge in [0, 0.05) is 12.4 Å². The van der Waals surface area contributed by atoms with Gasteiger partial charge in [0.25, 0.3) is 0 Å². The summed E-state index contributed by atoms with van der Waals surface area (Å²) in [5.41, 5.74) is 5.28. The van der Waals surface area contributed by atoms with Gasteiger partial charge >= 0.3 is 5.97 Å². The van der Waals surface area contributed by atoms with Crippen LogP contribution in [-0.2, 0) is 6.54 Å². The van der Waals surface area contributed by atoms with Gasteiger partial charge in [0.15, 0.2) is 0 Å². The Morgan fingerprint density at radius 3 is 2.33 bits per heavy atom. The van der Waals surface area contributed by atoms with Crippen LogP contribution in [0.4, 0.5) is 0 Å². The van der Waals surface area contributed by atoms with Gasteiger partial charge in [-0.1, -0.05) is 0 Å². The zero-order valence-electron chi connectivity index (χ0n) is 6.10. The normalized spacial score (nSPS) is 8.75. The number of hydrogen-bond acceptors (Lipinski definition) is 4. The summed E-state index contributed by atoms with van der Waals surface area (Å²) in [4.78, 5) is 17.7. The molecule has 6 heteroatoms. The molecule has 0 amide bonds. The molecule has 1 rings (SSSR count). The number of aromatic carboxylic acids is 1. The molecule has 66 valence electrons. The first-order valence-corrected chi connectivity index (χ1v) is 2.98. The van der Waals surface area contributed by atoms with E-state index in [9.17, 15) is 4.79 Å². The number of nitrogens with two attached hydrogens (primary N) is 1. The first-order chi connectivity index (χ1) is 5.24. The van der Waals surface area contributed by atoms with Crippen LogP contribution in [0, 0.1) is 0 Å². The van der Waals surface area contributed by atoms with E-state index >= 15 is 0 Å². The minimum absolute atomic E-state index is 0. The van der Waals surface area contributed by atoms with E-state index in [-0.39, 0.29) is 24.5 Å². The summed E-state index contributed by atoms with van der Waals surface area (Å²) in [6, 6.07) is 0. The zero-order chi connectivity index (χ0) is 8.27. The highest BCUT2D eigenvalue weighted by molar-refractivity contribution is 5.86. The molecule has 0 atom stereocenters. The summed E-state index contributed by atoms with van der Waals surface area (Å²) in [6.45, 7) is 0.222. The predicted octanol–water partition coefficient (Wildman–Crippen LogP) is 0.0553. The second kappa shape index (κ2) is 4.63. The van der Waals surface area contributed by atoms with Crippen LogP contribution in [0.3, 0.4) is 0 Å². The van der Waals surface area contributed by atoms with Crippen molar-refractivity contribution in [3.63, 3.8) is 0 Å².